The van der Waals surface area contributed by atoms with Gasteiger partial charge in [0, 0.05) is 13.0 Å². The molecule has 0 bridgehead atoms. The third-order valence-corrected chi connectivity index (χ3v) is 2.52. The third kappa shape index (κ3) is 10.5. The summed E-state index contributed by atoms with van der Waals surface area (Å²) in [6.07, 6.45) is 1.21. The maximum Gasteiger partial charge on any atom is 0.158 e. The molecular weight excluding hydrogens is 256 g/mol. The number of carbonyl (C=O) groups excluding carboxylic acids is 1. The van der Waals surface area contributed by atoms with Crippen molar-refractivity contribution in [2.24, 2.45) is 0 Å². The first kappa shape index (κ1) is 18.6. The van der Waals surface area contributed by atoms with E-state index in [2.05, 4.69) is 19.7 Å². The number of allylic oxidation sites excluding steroid dienone is 2. The van der Waals surface area contributed by atoms with Crippen LogP contribution in [0.1, 0.15) is 26.7 Å². The Morgan fingerprint density at radius 3 is 1.95 bits per heavy atom. The molecule has 114 valence electrons. The molecule has 0 aliphatic rings. The largest absolute Gasteiger partial charge is 0.492 e. The van der Waals surface area contributed by atoms with Crippen LogP contribution in [0.25, 0.3) is 0 Å². The van der Waals surface area contributed by atoms with Gasteiger partial charge >= 0.3 is 0 Å². The van der Waals surface area contributed by atoms with Crippen LogP contribution in [0.2, 0.25) is 0 Å². The zero-order valence-electron chi connectivity index (χ0n) is 12.7. The summed E-state index contributed by atoms with van der Waals surface area (Å²) in [6, 6.07) is 0. The zero-order chi connectivity index (χ0) is 15.4. The molecule has 0 atom stereocenters. The molecule has 0 saturated heterocycles. The van der Waals surface area contributed by atoms with Crippen molar-refractivity contribution in [3.05, 3.63) is 36.6 Å². The fourth-order valence-corrected chi connectivity index (χ4v) is 1.22. The van der Waals surface area contributed by atoms with Crippen molar-refractivity contribution in [3.8, 4) is 0 Å². The van der Waals surface area contributed by atoms with Gasteiger partial charge in [0.05, 0.1) is 19.8 Å². The van der Waals surface area contributed by atoms with Crippen molar-refractivity contribution in [2.45, 2.75) is 26.7 Å². The highest BCUT2D eigenvalue weighted by molar-refractivity contribution is 5.93. The molecule has 0 aliphatic carbocycles. The van der Waals surface area contributed by atoms with E-state index in [1.807, 2.05) is 6.92 Å². The van der Waals surface area contributed by atoms with Crippen LogP contribution in [0.15, 0.2) is 36.6 Å². The van der Waals surface area contributed by atoms with Crippen LogP contribution in [0, 0.1) is 0 Å². The Labute approximate surface area is 122 Å². The lowest BCUT2D eigenvalue weighted by Crippen LogP contribution is -2.10. The number of Topliss-reactive ketones (excluding diaryl/α,β-unsaturated/α-hetero) is 1. The van der Waals surface area contributed by atoms with E-state index in [-0.39, 0.29) is 5.78 Å². The van der Waals surface area contributed by atoms with Crippen LogP contribution in [0.4, 0.5) is 0 Å². The van der Waals surface area contributed by atoms with Gasteiger partial charge in [-0.2, -0.15) is 0 Å². The highest BCUT2D eigenvalue weighted by Crippen LogP contribution is 2.04. The average molecular weight is 282 g/mol. The SMILES string of the molecule is C=C(C)C(=C)OCCOCCOCCCC(=O)C(=C)C. The average Bonchev–Trinajstić information content (AvgIpc) is 2.39. The molecule has 0 spiro atoms. The van der Waals surface area contributed by atoms with Crippen molar-refractivity contribution in [1.29, 1.82) is 0 Å². The Bertz CT molecular complexity index is 310. The summed E-state index contributed by atoms with van der Waals surface area (Å²) < 4.78 is 16.0. The molecular formula is C16H26O4. The summed E-state index contributed by atoms with van der Waals surface area (Å²) >= 11 is 0. The van der Waals surface area contributed by atoms with Gasteiger partial charge in [-0.25, -0.2) is 0 Å². The molecule has 0 saturated carbocycles. The lowest BCUT2D eigenvalue weighted by Gasteiger charge is -2.09. The molecule has 0 fully saturated rings. The summed E-state index contributed by atoms with van der Waals surface area (Å²) in [6.45, 7) is 17.1. The number of ketones is 1. The minimum atomic E-state index is 0.0970. The van der Waals surface area contributed by atoms with Crippen LogP contribution in [-0.2, 0) is 19.0 Å². The molecule has 0 amide bonds. The van der Waals surface area contributed by atoms with Crippen LogP contribution in [-0.4, -0.2) is 38.8 Å². The first-order valence-corrected chi connectivity index (χ1v) is 6.77. The second-order valence-electron chi connectivity index (χ2n) is 4.58. The molecule has 0 aromatic rings. The second kappa shape index (κ2) is 11.4. The molecule has 0 aromatic heterocycles. The first-order chi connectivity index (χ1) is 9.45. The Morgan fingerprint density at radius 2 is 1.40 bits per heavy atom. The van der Waals surface area contributed by atoms with Gasteiger partial charge in [0.2, 0.25) is 0 Å². The fraction of sp³-hybridized carbons (Fsp3) is 0.562. The predicted molar refractivity (Wildman–Crippen MR) is 80.6 cm³/mol. The minimum Gasteiger partial charge on any atom is -0.492 e. The van der Waals surface area contributed by atoms with E-state index >= 15 is 0 Å². The molecule has 0 unspecified atom stereocenters. The number of hydrogen-bond donors (Lipinski definition) is 0. The monoisotopic (exact) mass is 282 g/mol. The lowest BCUT2D eigenvalue weighted by atomic mass is 10.1. The Kier molecular flexibility index (Phi) is 10.6. The van der Waals surface area contributed by atoms with E-state index in [0.29, 0.717) is 57.2 Å². The van der Waals surface area contributed by atoms with Gasteiger partial charge in [0.25, 0.3) is 0 Å². The third-order valence-electron chi connectivity index (χ3n) is 2.52. The lowest BCUT2D eigenvalue weighted by molar-refractivity contribution is -0.115. The van der Waals surface area contributed by atoms with Gasteiger partial charge in [-0.05, 0) is 31.4 Å². The minimum absolute atomic E-state index is 0.0970. The standard InChI is InChI=1S/C16H26O4/c1-13(2)15(5)20-12-11-19-10-9-18-8-6-7-16(17)14(3)4/h1,3,5-12H2,2,4H3. The molecule has 4 heteroatoms. The van der Waals surface area contributed by atoms with Crippen molar-refractivity contribution in [3.63, 3.8) is 0 Å². The summed E-state index contributed by atoms with van der Waals surface area (Å²) in [4.78, 5) is 11.2. The Balaban J connectivity index is 3.25. The normalized spacial score (nSPS) is 10.1. The molecule has 0 radical (unpaired) electrons. The molecule has 0 rings (SSSR count). The predicted octanol–water partition coefficient (Wildman–Crippen LogP) is 3.05. The van der Waals surface area contributed by atoms with Gasteiger partial charge in [-0.15, -0.1) is 0 Å². The van der Waals surface area contributed by atoms with Crippen LogP contribution in [0.3, 0.4) is 0 Å². The maximum atomic E-state index is 11.2. The van der Waals surface area contributed by atoms with Gasteiger partial charge in [0.15, 0.2) is 5.78 Å². The molecule has 0 aromatic carbocycles. The van der Waals surface area contributed by atoms with E-state index < -0.39 is 0 Å². The van der Waals surface area contributed by atoms with Gasteiger partial charge in [0.1, 0.15) is 12.4 Å². The number of ether oxygens (including phenoxy) is 3. The van der Waals surface area contributed by atoms with E-state index in [1.165, 1.54) is 0 Å². The first-order valence-electron chi connectivity index (χ1n) is 6.77. The van der Waals surface area contributed by atoms with E-state index in [1.54, 1.807) is 6.92 Å². The van der Waals surface area contributed by atoms with Crippen molar-refractivity contribution < 1.29 is 19.0 Å². The Hall–Kier alpha value is -1.39. The van der Waals surface area contributed by atoms with Crippen LogP contribution in [0.5, 0.6) is 0 Å². The number of hydrogen-bond acceptors (Lipinski definition) is 4. The molecule has 0 heterocycles. The number of carbonyl (C=O) groups is 1. The topological polar surface area (TPSA) is 44.8 Å². The summed E-state index contributed by atoms with van der Waals surface area (Å²) in [5.41, 5.74) is 1.42. The van der Waals surface area contributed by atoms with Crippen molar-refractivity contribution >= 4 is 5.78 Å². The van der Waals surface area contributed by atoms with Crippen molar-refractivity contribution in [1.82, 2.24) is 0 Å². The van der Waals surface area contributed by atoms with Crippen molar-refractivity contribution in [2.75, 3.05) is 33.0 Å². The van der Waals surface area contributed by atoms with E-state index in [9.17, 15) is 4.79 Å². The van der Waals surface area contributed by atoms with E-state index in [0.717, 1.165) is 5.57 Å². The molecule has 4 nitrogen and oxygen atoms in total. The highest BCUT2D eigenvalue weighted by Gasteiger charge is 2.01. The van der Waals surface area contributed by atoms with Gasteiger partial charge in [-0.1, -0.05) is 19.7 Å². The summed E-state index contributed by atoms with van der Waals surface area (Å²) in [5.74, 6) is 0.687. The second-order valence-corrected chi connectivity index (χ2v) is 4.58. The number of rotatable bonds is 13. The Morgan fingerprint density at radius 1 is 0.850 bits per heavy atom. The quantitative estimate of drug-likeness (QED) is 0.225. The summed E-state index contributed by atoms with van der Waals surface area (Å²) in [5, 5.41) is 0. The smallest absolute Gasteiger partial charge is 0.158 e. The maximum absolute atomic E-state index is 11.2. The van der Waals surface area contributed by atoms with Crippen LogP contribution < -0.4 is 0 Å². The highest BCUT2D eigenvalue weighted by atomic mass is 16.5. The molecule has 0 N–H and O–H groups in total. The fourth-order valence-electron chi connectivity index (χ4n) is 1.22. The van der Waals surface area contributed by atoms with Gasteiger partial charge < -0.3 is 14.2 Å². The zero-order valence-corrected chi connectivity index (χ0v) is 12.7. The van der Waals surface area contributed by atoms with E-state index in [4.69, 9.17) is 14.2 Å². The molecule has 20 heavy (non-hydrogen) atoms. The summed E-state index contributed by atoms with van der Waals surface area (Å²) in [7, 11) is 0. The van der Waals surface area contributed by atoms with Crippen LogP contribution >= 0.6 is 0 Å². The molecule has 0 aliphatic heterocycles. The van der Waals surface area contributed by atoms with Gasteiger partial charge in [-0.3, -0.25) is 4.79 Å².